The van der Waals surface area contributed by atoms with Gasteiger partial charge in [-0.05, 0) is 35.4 Å². The van der Waals surface area contributed by atoms with Crippen LogP contribution in [0.5, 0.6) is 23.0 Å². The lowest BCUT2D eigenvalue weighted by Gasteiger charge is -2.50. The summed E-state index contributed by atoms with van der Waals surface area (Å²) < 4.78 is 132. The third kappa shape index (κ3) is 17.9. The normalized spacial score (nSPS) is 21.8. The second-order valence-electron chi connectivity index (χ2n) is 14.8. The van der Waals surface area contributed by atoms with E-state index >= 15 is 0 Å². The van der Waals surface area contributed by atoms with E-state index in [1.165, 1.54) is 11.4 Å². The molecular weight excluding hydrogens is 915 g/mol. The number of aryl methyl sites for hydroxylation is 2. The van der Waals surface area contributed by atoms with E-state index in [-0.39, 0.29) is 23.7 Å². The minimum atomic E-state index is -4.94. The summed E-state index contributed by atoms with van der Waals surface area (Å²) in [7, 11) is -5.62. The van der Waals surface area contributed by atoms with Crippen molar-refractivity contribution in [3.63, 3.8) is 0 Å². The zero-order valence-corrected chi connectivity index (χ0v) is 38.2. The fourth-order valence-electron chi connectivity index (χ4n) is 7.93. The minimum absolute atomic E-state index is 0.0639. The van der Waals surface area contributed by atoms with Crippen LogP contribution in [0.2, 0.25) is 0 Å². The van der Waals surface area contributed by atoms with Crippen LogP contribution >= 0.6 is 0 Å². The first-order valence-electron chi connectivity index (χ1n) is 21.1. The Morgan fingerprint density at radius 2 is 0.636 bits per heavy atom. The Labute approximate surface area is 387 Å². The number of nitrogens with zero attached hydrogens (tertiary/aromatic N) is 2. The number of hydrogen-bond donors (Lipinski definition) is 0. The van der Waals surface area contributed by atoms with Gasteiger partial charge < -0.3 is 47.4 Å². The number of rotatable bonds is 4. The Morgan fingerprint density at radius 3 is 0.924 bits per heavy atom. The molecule has 22 heteroatoms. The lowest BCUT2D eigenvalue weighted by Crippen LogP contribution is -2.68. The van der Waals surface area contributed by atoms with Crippen molar-refractivity contribution in [3.8, 4) is 23.0 Å². The lowest BCUT2D eigenvalue weighted by atomic mass is 9.50. The molecule has 0 amide bonds. The van der Waals surface area contributed by atoms with Crippen LogP contribution in [0, 0.1) is 20.5 Å². The molecule has 1 fully saturated rings. The van der Waals surface area contributed by atoms with E-state index < -0.39 is 20.5 Å². The van der Waals surface area contributed by atoms with Gasteiger partial charge in [-0.15, -0.1) is 20.5 Å². The van der Waals surface area contributed by atoms with Crippen molar-refractivity contribution in [1.82, 2.24) is 0 Å². The minimum Gasteiger partial charge on any atom is -0.487 e. The summed E-state index contributed by atoms with van der Waals surface area (Å²) in [6.45, 7) is 7.41. The van der Waals surface area contributed by atoms with Gasteiger partial charge in [-0.3, -0.25) is 0 Å². The maximum atomic E-state index is 8.49. The highest BCUT2D eigenvalue weighted by atomic mass is 35.7. The van der Waals surface area contributed by atoms with E-state index in [9.17, 15) is 0 Å². The molecule has 20 nitrogen and oxygen atoms in total. The highest BCUT2D eigenvalue weighted by Gasteiger charge is 2.58. The van der Waals surface area contributed by atoms with Crippen molar-refractivity contribution in [1.29, 1.82) is 0 Å². The summed E-state index contributed by atoms with van der Waals surface area (Å²) in [6, 6.07) is 25.7. The number of fused-ring (bicyclic) bond motifs is 2. The number of aromatic nitrogens is 2. The van der Waals surface area contributed by atoms with E-state index in [0.717, 1.165) is 11.1 Å². The van der Waals surface area contributed by atoms with Gasteiger partial charge in [-0.2, -0.15) is 0 Å². The molecule has 4 atom stereocenters. The summed E-state index contributed by atoms with van der Waals surface area (Å²) in [4.78, 5) is 0. The molecule has 0 radical (unpaired) electrons. The van der Waals surface area contributed by atoms with Gasteiger partial charge in [-0.25, -0.2) is 46.4 Å². The molecule has 2 aromatic heterocycles. The first-order chi connectivity index (χ1) is 31.7. The molecule has 1 aliphatic carbocycles. The van der Waals surface area contributed by atoms with Crippen LogP contribution in [-0.4, -0.2) is 106 Å². The molecule has 0 saturated heterocycles. The van der Waals surface area contributed by atoms with Crippen LogP contribution in [0.1, 0.15) is 46.2 Å². The Morgan fingerprint density at radius 1 is 0.364 bits per heavy atom. The third-order valence-corrected chi connectivity index (χ3v) is 10.6. The first kappa shape index (κ1) is 52.9. The smallest absolute Gasteiger partial charge is 0.185 e. The van der Waals surface area contributed by atoms with Crippen LogP contribution in [-0.2, 0) is 42.5 Å². The third-order valence-electron chi connectivity index (χ3n) is 10.6. The van der Waals surface area contributed by atoms with Gasteiger partial charge in [0.2, 0.25) is 0 Å². The number of halogens is 2. The van der Waals surface area contributed by atoms with Crippen LogP contribution in [0.3, 0.4) is 0 Å². The molecule has 3 aliphatic rings. The molecule has 2 aromatic carbocycles. The Balaban J connectivity index is 0.000000739. The second kappa shape index (κ2) is 27.1. The van der Waals surface area contributed by atoms with E-state index in [2.05, 4.69) is 96.3 Å². The highest BCUT2D eigenvalue weighted by molar-refractivity contribution is 5.52. The van der Waals surface area contributed by atoms with Crippen LogP contribution in [0.4, 0.5) is 0 Å². The fourth-order valence-corrected chi connectivity index (χ4v) is 7.93. The molecule has 0 bridgehead atoms. The first-order valence-corrected chi connectivity index (χ1v) is 23.5. The average molecular weight is 972 g/mol. The van der Waals surface area contributed by atoms with Crippen LogP contribution in [0.15, 0.2) is 85.2 Å². The van der Waals surface area contributed by atoms with Crippen molar-refractivity contribution in [2.45, 2.75) is 23.7 Å². The quantitative estimate of drug-likeness (QED) is 0.173. The summed E-state index contributed by atoms with van der Waals surface area (Å²) in [5.74, 6) is 3.11. The summed E-state index contributed by atoms with van der Waals surface area (Å²) in [6.07, 6.45) is 4.27. The maximum Gasteiger partial charge on any atom is 0.185 e. The zero-order valence-electron chi connectivity index (χ0n) is 36.7. The Hall–Kier alpha value is -4.04. The topological polar surface area (TPSA) is 285 Å². The van der Waals surface area contributed by atoms with Gasteiger partial charge in [0, 0.05) is 36.1 Å². The molecule has 4 heterocycles. The zero-order chi connectivity index (χ0) is 47.4. The van der Waals surface area contributed by atoms with E-state index in [4.69, 9.17) is 84.6 Å². The standard InChI is InChI=1S/C44H56N2O10.2ClHO4/c1-45-13-5-3-7-35(45)43-41(33-9-11-37-39(31-33)55-29-25-51-21-17-47-15-19-49-23-27-53-37)42(44(43)36-8-4-6-14-46(36)2)34-10-12-38-40(32-34)56-30-26-52-22-18-48-16-20-50-24-28-54-38;2*2-1(3,4)5/h3-14,31-32,41-44H,15-30H2,1-2H3;2*(H,2,3,4,5)/q+2;;/p-2/t41-,42-,43+,44+;;/m0../s1. The van der Waals surface area contributed by atoms with Crippen molar-refractivity contribution >= 4 is 0 Å². The Bertz CT molecular complexity index is 1890. The molecule has 4 aromatic rings. The molecule has 0 spiro atoms. The van der Waals surface area contributed by atoms with Gasteiger partial charge in [0.25, 0.3) is 0 Å². The van der Waals surface area contributed by atoms with Gasteiger partial charge >= 0.3 is 0 Å². The van der Waals surface area contributed by atoms with E-state index in [0.29, 0.717) is 129 Å². The van der Waals surface area contributed by atoms with Crippen molar-refractivity contribution in [3.05, 3.63) is 108 Å². The van der Waals surface area contributed by atoms with Gasteiger partial charge in [0.1, 0.15) is 40.5 Å². The monoisotopic (exact) mass is 970 g/mol. The van der Waals surface area contributed by atoms with Crippen LogP contribution in [0.25, 0.3) is 0 Å². The van der Waals surface area contributed by atoms with E-state index in [1.807, 2.05) is 12.1 Å². The molecule has 7 rings (SSSR count). The lowest BCUT2D eigenvalue weighted by molar-refractivity contribution is -2.00. The fraction of sp³-hybridized carbons (Fsp3) is 0.500. The highest BCUT2D eigenvalue weighted by Crippen LogP contribution is 2.66. The number of ether oxygens (including phenoxy) is 10. The Kier molecular flexibility index (Phi) is 21.7. The largest absolute Gasteiger partial charge is 0.487 e. The van der Waals surface area contributed by atoms with Crippen molar-refractivity contribution in [2.75, 3.05) is 106 Å². The number of hydrogen-bond acceptors (Lipinski definition) is 18. The molecule has 1 saturated carbocycles. The number of benzene rings is 2. The van der Waals surface area contributed by atoms with Crippen molar-refractivity contribution < 1.29 is 114 Å². The summed E-state index contributed by atoms with van der Waals surface area (Å²) >= 11 is 0. The van der Waals surface area contributed by atoms with Crippen molar-refractivity contribution in [2.24, 2.45) is 14.1 Å². The van der Waals surface area contributed by atoms with Gasteiger partial charge in [-0.1, -0.05) is 24.3 Å². The number of pyridine rings is 2. The molecule has 2 aliphatic heterocycles. The maximum absolute atomic E-state index is 8.49. The molecule has 66 heavy (non-hydrogen) atoms. The second-order valence-corrected chi connectivity index (χ2v) is 16.3. The molecule has 0 N–H and O–H groups in total. The predicted molar refractivity (Wildman–Crippen MR) is 206 cm³/mol. The van der Waals surface area contributed by atoms with Gasteiger partial charge in [0.05, 0.1) is 91.1 Å². The van der Waals surface area contributed by atoms with Crippen LogP contribution < -0.4 is 65.4 Å². The molecular formula is C44H56Cl2N2O18. The van der Waals surface area contributed by atoms with Gasteiger partial charge in [0.15, 0.2) is 46.8 Å². The molecule has 0 unspecified atom stereocenters. The summed E-state index contributed by atoms with van der Waals surface area (Å²) in [5, 5.41) is 0. The summed E-state index contributed by atoms with van der Waals surface area (Å²) in [5.41, 5.74) is 4.81. The SMILES string of the molecule is C[n+]1ccccc1[C@@H]1[C@@H](c2ccc3c(c2)OCCOCCOCCOCCO3)[C@H](c2ccc3c(c2)OCCOCCOCCOCCO3)[C@H]1c1cccc[n+]1C.[O-][Cl+3]([O-])([O-])[O-].[O-][Cl+3]([O-])([O-])[O-]. The average Bonchev–Trinajstić information content (AvgIpc) is 3.26. The predicted octanol–water partition coefficient (Wildman–Crippen LogP) is -5.09. The molecule has 364 valence electrons. The van der Waals surface area contributed by atoms with E-state index in [1.54, 1.807) is 0 Å².